The van der Waals surface area contributed by atoms with E-state index >= 15 is 0 Å². The van der Waals surface area contributed by atoms with Gasteiger partial charge in [0.2, 0.25) is 5.91 Å². The standard InChI is InChI=1S/C10H17N3O4/c11-8(14)5-7-1-3-13(4-2-7)10(17)12-6-9(15)16/h7H,1-6H2,(H2,11,14)(H,12,17)(H,15,16). The van der Waals surface area contributed by atoms with Crippen LogP contribution in [0.5, 0.6) is 0 Å². The maximum atomic E-state index is 11.5. The summed E-state index contributed by atoms with van der Waals surface area (Å²) in [6.45, 7) is 0.687. The second-order valence-electron chi connectivity index (χ2n) is 4.15. The maximum absolute atomic E-state index is 11.5. The van der Waals surface area contributed by atoms with Gasteiger partial charge in [-0.25, -0.2) is 4.79 Å². The number of carbonyl (C=O) groups excluding carboxylic acids is 2. The lowest BCUT2D eigenvalue weighted by Gasteiger charge is -2.31. The molecule has 0 spiro atoms. The van der Waals surface area contributed by atoms with Crippen LogP contribution in [0, 0.1) is 5.92 Å². The molecule has 0 unspecified atom stereocenters. The van der Waals surface area contributed by atoms with Crippen molar-refractivity contribution in [1.29, 1.82) is 0 Å². The van der Waals surface area contributed by atoms with Gasteiger partial charge in [0.15, 0.2) is 0 Å². The highest BCUT2D eigenvalue weighted by Gasteiger charge is 2.23. The number of carbonyl (C=O) groups is 3. The fraction of sp³-hybridized carbons (Fsp3) is 0.700. The third-order valence-corrected chi connectivity index (χ3v) is 2.78. The molecule has 1 rings (SSSR count). The molecule has 0 radical (unpaired) electrons. The zero-order valence-electron chi connectivity index (χ0n) is 9.52. The van der Waals surface area contributed by atoms with Crippen molar-refractivity contribution in [2.75, 3.05) is 19.6 Å². The van der Waals surface area contributed by atoms with E-state index < -0.39 is 5.97 Å². The number of hydrogen-bond acceptors (Lipinski definition) is 3. The van der Waals surface area contributed by atoms with Gasteiger partial charge in [0.25, 0.3) is 0 Å². The molecule has 17 heavy (non-hydrogen) atoms. The Morgan fingerprint density at radius 3 is 2.35 bits per heavy atom. The Kier molecular flexibility index (Phi) is 4.74. The summed E-state index contributed by atoms with van der Waals surface area (Å²) in [4.78, 5) is 34.0. The summed E-state index contributed by atoms with van der Waals surface area (Å²) in [5, 5.41) is 10.7. The van der Waals surface area contributed by atoms with Gasteiger partial charge in [0, 0.05) is 19.5 Å². The Morgan fingerprint density at radius 2 is 1.88 bits per heavy atom. The summed E-state index contributed by atoms with van der Waals surface area (Å²) in [6.07, 6.45) is 1.80. The van der Waals surface area contributed by atoms with Crippen molar-refractivity contribution in [2.24, 2.45) is 11.7 Å². The van der Waals surface area contributed by atoms with Crippen LogP contribution in [0.25, 0.3) is 0 Å². The molecule has 0 aliphatic carbocycles. The number of aliphatic carboxylic acids is 1. The Balaban J connectivity index is 2.28. The molecule has 0 saturated carbocycles. The first kappa shape index (κ1) is 13.3. The van der Waals surface area contributed by atoms with E-state index in [9.17, 15) is 14.4 Å². The lowest BCUT2D eigenvalue weighted by Crippen LogP contribution is -2.46. The average molecular weight is 243 g/mol. The number of rotatable bonds is 4. The van der Waals surface area contributed by atoms with Crippen LogP contribution < -0.4 is 11.1 Å². The quantitative estimate of drug-likeness (QED) is 0.610. The number of urea groups is 1. The highest BCUT2D eigenvalue weighted by molar-refractivity contribution is 5.80. The van der Waals surface area contributed by atoms with E-state index in [0.29, 0.717) is 19.5 Å². The minimum atomic E-state index is -1.07. The van der Waals surface area contributed by atoms with Crippen LogP contribution in [0.4, 0.5) is 4.79 Å². The van der Waals surface area contributed by atoms with Gasteiger partial charge in [-0.15, -0.1) is 0 Å². The Labute approximate surface area is 98.9 Å². The molecule has 1 saturated heterocycles. The molecule has 1 fully saturated rings. The van der Waals surface area contributed by atoms with Crippen LogP contribution in [0.3, 0.4) is 0 Å². The van der Waals surface area contributed by atoms with Crippen molar-refractivity contribution < 1.29 is 19.5 Å². The third-order valence-electron chi connectivity index (χ3n) is 2.78. The molecule has 1 aliphatic heterocycles. The number of carboxylic acid groups (broad SMARTS) is 1. The molecule has 96 valence electrons. The number of nitrogens with two attached hydrogens (primary N) is 1. The monoisotopic (exact) mass is 243 g/mol. The van der Waals surface area contributed by atoms with E-state index in [1.54, 1.807) is 4.90 Å². The molecule has 3 amide bonds. The van der Waals surface area contributed by atoms with Gasteiger partial charge < -0.3 is 21.1 Å². The van der Waals surface area contributed by atoms with E-state index in [-0.39, 0.29) is 24.4 Å². The van der Waals surface area contributed by atoms with Gasteiger partial charge in [0.1, 0.15) is 6.54 Å². The Bertz CT molecular complexity index is 311. The molecule has 1 aliphatic rings. The van der Waals surface area contributed by atoms with Crippen LogP contribution in [0.2, 0.25) is 0 Å². The molecule has 0 atom stereocenters. The summed E-state index contributed by atoms with van der Waals surface area (Å²) in [6, 6.07) is -0.370. The summed E-state index contributed by atoms with van der Waals surface area (Å²) < 4.78 is 0. The molecule has 0 aromatic carbocycles. The number of carboxylic acids is 1. The van der Waals surface area contributed by atoms with Crippen LogP contribution >= 0.6 is 0 Å². The lowest BCUT2D eigenvalue weighted by molar-refractivity contribution is -0.135. The highest BCUT2D eigenvalue weighted by Crippen LogP contribution is 2.19. The van der Waals surface area contributed by atoms with E-state index in [2.05, 4.69) is 5.32 Å². The van der Waals surface area contributed by atoms with Crippen molar-refractivity contribution >= 4 is 17.9 Å². The van der Waals surface area contributed by atoms with Gasteiger partial charge in [-0.05, 0) is 18.8 Å². The van der Waals surface area contributed by atoms with E-state index in [0.717, 1.165) is 12.8 Å². The molecule has 1 heterocycles. The predicted octanol–water partition coefficient (Wildman–Crippen LogP) is -0.632. The van der Waals surface area contributed by atoms with Crippen LogP contribution in [-0.2, 0) is 9.59 Å². The topological polar surface area (TPSA) is 113 Å². The summed E-state index contributed by atoms with van der Waals surface area (Å²) in [5.74, 6) is -1.16. The van der Waals surface area contributed by atoms with Crippen LogP contribution in [-0.4, -0.2) is 47.5 Å². The molecule has 7 nitrogen and oxygen atoms in total. The largest absolute Gasteiger partial charge is 0.480 e. The zero-order valence-corrected chi connectivity index (χ0v) is 9.52. The average Bonchev–Trinajstić information content (AvgIpc) is 2.26. The van der Waals surface area contributed by atoms with Crippen LogP contribution in [0.1, 0.15) is 19.3 Å². The summed E-state index contributed by atoms with van der Waals surface area (Å²) in [7, 11) is 0. The fourth-order valence-electron chi connectivity index (χ4n) is 1.89. The van der Waals surface area contributed by atoms with Crippen molar-refractivity contribution in [2.45, 2.75) is 19.3 Å². The number of piperidine rings is 1. The van der Waals surface area contributed by atoms with E-state index in [1.165, 1.54) is 0 Å². The number of hydrogen-bond donors (Lipinski definition) is 3. The first-order valence-corrected chi connectivity index (χ1v) is 5.52. The van der Waals surface area contributed by atoms with Crippen molar-refractivity contribution in [1.82, 2.24) is 10.2 Å². The van der Waals surface area contributed by atoms with Gasteiger partial charge in [-0.1, -0.05) is 0 Å². The van der Waals surface area contributed by atoms with Crippen LogP contribution in [0.15, 0.2) is 0 Å². The number of amides is 3. The molecule has 0 aromatic heterocycles. The van der Waals surface area contributed by atoms with Crippen molar-refractivity contribution in [3.8, 4) is 0 Å². The van der Waals surface area contributed by atoms with E-state index in [4.69, 9.17) is 10.8 Å². The number of likely N-dealkylation sites (tertiary alicyclic amines) is 1. The molecule has 7 heteroatoms. The van der Waals surface area contributed by atoms with Gasteiger partial charge >= 0.3 is 12.0 Å². The lowest BCUT2D eigenvalue weighted by atomic mass is 9.93. The zero-order chi connectivity index (χ0) is 12.8. The molecule has 0 aromatic rings. The molecular weight excluding hydrogens is 226 g/mol. The number of nitrogens with one attached hydrogen (secondary N) is 1. The maximum Gasteiger partial charge on any atom is 0.323 e. The Hall–Kier alpha value is -1.79. The first-order chi connectivity index (χ1) is 7.99. The second kappa shape index (κ2) is 6.07. The van der Waals surface area contributed by atoms with Gasteiger partial charge in [0.05, 0.1) is 0 Å². The van der Waals surface area contributed by atoms with Gasteiger partial charge in [-0.2, -0.15) is 0 Å². The summed E-state index contributed by atoms with van der Waals surface area (Å²) in [5.41, 5.74) is 5.10. The van der Waals surface area contributed by atoms with E-state index in [1.807, 2.05) is 0 Å². The number of nitrogens with zero attached hydrogens (tertiary/aromatic N) is 1. The first-order valence-electron chi connectivity index (χ1n) is 5.52. The second-order valence-corrected chi connectivity index (χ2v) is 4.15. The minimum absolute atomic E-state index is 0.232. The van der Waals surface area contributed by atoms with Gasteiger partial charge in [-0.3, -0.25) is 9.59 Å². The minimum Gasteiger partial charge on any atom is -0.480 e. The third kappa shape index (κ3) is 4.71. The SMILES string of the molecule is NC(=O)CC1CCN(C(=O)NCC(=O)O)CC1. The molecule has 0 bridgehead atoms. The number of primary amides is 1. The molecule has 4 N–H and O–H groups in total. The van der Waals surface area contributed by atoms with Crippen molar-refractivity contribution in [3.05, 3.63) is 0 Å². The highest BCUT2D eigenvalue weighted by atomic mass is 16.4. The smallest absolute Gasteiger partial charge is 0.323 e. The fourth-order valence-corrected chi connectivity index (χ4v) is 1.89. The molecular formula is C10H17N3O4. The predicted molar refractivity (Wildman–Crippen MR) is 59.1 cm³/mol. The summed E-state index contributed by atoms with van der Waals surface area (Å²) >= 11 is 0. The Morgan fingerprint density at radius 1 is 1.29 bits per heavy atom. The normalized spacial score (nSPS) is 16.6. The van der Waals surface area contributed by atoms with Crippen molar-refractivity contribution in [3.63, 3.8) is 0 Å².